The molecule has 7 nitrogen and oxygen atoms in total. The van der Waals surface area contributed by atoms with Crippen LogP contribution in [0.2, 0.25) is 0 Å². The number of hydrogen-bond donors (Lipinski definition) is 1. The lowest BCUT2D eigenvalue weighted by molar-refractivity contribution is -0.140. The summed E-state index contributed by atoms with van der Waals surface area (Å²) >= 11 is 0. The van der Waals surface area contributed by atoms with Crippen molar-refractivity contribution in [3.8, 4) is 0 Å². The molecule has 0 aromatic heterocycles. The molecule has 1 saturated carbocycles. The fourth-order valence-corrected chi connectivity index (χ4v) is 6.31. The van der Waals surface area contributed by atoms with E-state index in [1.807, 2.05) is 74.5 Å². The van der Waals surface area contributed by atoms with Gasteiger partial charge in [0, 0.05) is 19.0 Å². The summed E-state index contributed by atoms with van der Waals surface area (Å²) in [5.41, 5.74) is 4.13. The second kappa shape index (κ2) is 13.8. The van der Waals surface area contributed by atoms with Gasteiger partial charge in [-0.1, -0.05) is 86.0 Å². The number of nitrogens with one attached hydrogen (secondary N) is 1. The summed E-state index contributed by atoms with van der Waals surface area (Å²) in [6, 6.07) is 23.8. The van der Waals surface area contributed by atoms with Crippen LogP contribution in [0, 0.1) is 13.8 Å². The predicted octanol–water partition coefficient (Wildman–Crippen LogP) is 5.16. The van der Waals surface area contributed by atoms with Gasteiger partial charge in [0.05, 0.1) is 11.9 Å². The summed E-state index contributed by atoms with van der Waals surface area (Å²) < 4.78 is 27.0. The molecule has 1 fully saturated rings. The van der Waals surface area contributed by atoms with E-state index in [4.69, 9.17) is 0 Å². The number of rotatable bonds is 11. The first kappa shape index (κ1) is 30.3. The number of carbonyl (C=O) groups is 2. The van der Waals surface area contributed by atoms with Crippen molar-refractivity contribution in [2.45, 2.75) is 71.0 Å². The molecule has 1 N–H and O–H groups in total. The number of anilines is 1. The van der Waals surface area contributed by atoms with Crippen LogP contribution in [0.1, 0.15) is 54.4 Å². The van der Waals surface area contributed by atoms with Crippen LogP contribution >= 0.6 is 0 Å². The maximum absolute atomic E-state index is 14.2. The van der Waals surface area contributed by atoms with Gasteiger partial charge in [-0.15, -0.1) is 0 Å². The van der Waals surface area contributed by atoms with Crippen molar-refractivity contribution in [2.75, 3.05) is 17.1 Å². The van der Waals surface area contributed by atoms with Crippen molar-refractivity contribution >= 4 is 27.5 Å². The highest BCUT2D eigenvalue weighted by atomic mass is 32.2. The van der Waals surface area contributed by atoms with Crippen molar-refractivity contribution < 1.29 is 18.0 Å². The first-order valence-corrected chi connectivity index (χ1v) is 16.2. The Morgan fingerprint density at radius 3 is 2.24 bits per heavy atom. The molecule has 1 atom stereocenters. The SMILES string of the molecule is Cc1cccc(N(CC(=O)N(Cc2ccccc2C)[C@@H](Cc2ccccc2)C(=O)NC2CCCCC2)S(C)(=O)=O)c1. The quantitative estimate of drug-likeness (QED) is 0.342. The van der Waals surface area contributed by atoms with Crippen molar-refractivity contribution in [1.29, 1.82) is 0 Å². The summed E-state index contributed by atoms with van der Waals surface area (Å²) in [5, 5.41) is 3.23. The number of aryl methyl sites for hydroxylation is 2. The number of benzene rings is 3. The zero-order valence-corrected chi connectivity index (χ0v) is 25.1. The molecule has 41 heavy (non-hydrogen) atoms. The van der Waals surface area contributed by atoms with Gasteiger partial charge in [0.25, 0.3) is 0 Å². The molecule has 2 amide bonds. The Morgan fingerprint density at radius 2 is 1.59 bits per heavy atom. The fourth-order valence-electron chi connectivity index (χ4n) is 5.47. The standard InChI is InChI=1S/C33H41N3O4S/c1-25-13-12-20-30(21-25)36(41(3,39)40)24-32(37)35(23-28-17-11-10-14-26(28)2)31(22-27-15-6-4-7-16-27)33(38)34-29-18-8-5-9-19-29/h4,6-7,10-17,20-21,29,31H,5,8-9,18-19,22-24H2,1-3H3,(H,34,38)/t31-/m0/s1. The van der Waals surface area contributed by atoms with Gasteiger partial charge in [0.1, 0.15) is 12.6 Å². The van der Waals surface area contributed by atoms with Gasteiger partial charge in [-0.3, -0.25) is 13.9 Å². The average Bonchev–Trinajstić information content (AvgIpc) is 2.95. The van der Waals surface area contributed by atoms with Gasteiger partial charge >= 0.3 is 0 Å². The molecule has 3 aromatic carbocycles. The minimum absolute atomic E-state index is 0.0738. The van der Waals surface area contributed by atoms with Gasteiger partial charge in [-0.2, -0.15) is 0 Å². The van der Waals surface area contributed by atoms with Crippen LogP contribution in [0.4, 0.5) is 5.69 Å². The second-order valence-electron chi connectivity index (χ2n) is 11.1. The zero-order chi connectivity index (χ0) is 29.4. The van der Waals surface area contributed by atoms with Gasteiger partial charge in [-0.05, 0) is 61.1 Å². The maximum atomic E-state index is 14.2. The Hall–Kier alpha value is -3.65. The van der Waals surface area contributed by atoms with E-state index in [0.717, 1.165) is 64.9 Å². The highest BCUT2D eigenvalue weighted by Gasteiger charge is 2.34. The monoisotopic (exact) mass is 575 g/mol. The maximum Gasteiger partial charge on any atom is 0.244 e. The van der Waals surface area contributed by atoms with Crippen molar-refractivity contribution in [3.05, 3.63) is 101 Å². The molecule has 0 spiro atoms. The van der Waals surface area contributed by atoms with Crippen LogP contribution in [0.5, 0.6) is 0 Å². The van der Waals surface area contributed by atoms with Gasteiger partial charge in [0.15, 0.2) is 0 Å². The van der Waals surface area contributed by atoms with E-state index in [2.05, 4.69) is 5.32 Å². The first-order valence-electron chi connectivity index (χ1n) is 14.3. The average molecular weight is 576 g/mol. The summed E-state index contributed by atoms with van der Waals surface area (Å²) in [7, 11) is -3.79. The van der Waals surface area contributed by atoms with E-state index in [9.17, 15) is 18.0 Å². The molecule has 8 heteroatoms. The predicted molar refractivity (Wildman–Crippen MR) is 164 cm³/mol. The smallest absolute Gasteiger partial charge is 0.244 e. The molecule has 1 aliphatic carbocycles. The first-order chi connectivity index (χ1) is 19.6. The van der Waals surface area contributed by atoms with E-state index in [1.165, 1.54) is 0 Å². The summed E-state index contributed by atoms with van der Waals surface area (Å²) in [6.07, 6.45) is 6.57. The molecular weight excluding hydrogens is 534 g/mol. The molecule has 0 bridgehead atoms. The number of nitrogens with zero attached hydrogens (tertiary/aromatic N) is 2. The Morgan fingerprint density at radius 1 is 0.902 bits per heavy atom. The lowest BCUT2D eigenvalue weighted by Gasteiger charge is -2.35. The lowest BCUT2D eigenvalue weighted by atomic mass is 9.94. The molecule has 0 unspecified atom stereocenters. The summed E-state index contributed by atoms with van der Waals surface area (Å²) in [6.45, 7) is 3.63. The van der Waals surface area contributed by atoms with Crippen LogP contribution in [0.25, 0.3) is 0 Å². The van der Waals surface area contributed by atoms with Crippen LogP contribution in [-0.4, -0.2) is 50.0 Å². The Balaban J connectivity index is 1.73. The summed E-state index contributed by atoms with van der Waals surface area (Å²) in [4.78, 5) is 29.8. The van der Waals surface area contributed by atoms with Crippen LogP contribution in [0.3, 0.4) is 0 Å². The van der Waals surface area contributed by atoms with E-state index in [0.29, 0.717) is 12.1 Å². The lowest BCUT2D eigenvalue weighted by Crippen LogP contribution is -2.55. The molecule has 1 aliphatic rings. The van der Waals surface area contributed by atoms with Crippen molar-refractivity contribution in [1.82, 2.24) is 10.2 Å². The molecule has 4 rings (SSSR count). The third kappa shape index (κ3) is 8.43. The number of sulfonamides is 1. The topological polar surface area (TPSA) is 86.8 Å². The van der Waals surface area contributed by atoms with Crippen LogP contribution < -0.4 is 9.62 Å². The molecule has 0 heterocycles. The van der Waals surface area contributed by atoms with Gasteiger partial charge in [0.2, 0.25) is 21.8 Å². The molecule has 0 aliphatic heterocycles. The zero-order valence-electron chi connectivity index (χ0n) is 24.3. The molecular formula is C33H41N3O4S. The van der Waals surface area contributed by atoms with Crippen molar-refractivity contribution in [2.24, 2.45) is 0 Å². The normalized spacial score (nSPS) is 14.7. The van der Waals surface area contributed by atoms with Crippen LogP contribution in [0.15, 0.2) is 78.9 Å². The Labute approximate surface area is 244 Å². The van der Waals surface area contributed by atoms with E-state index >= 15 is 0 Å². The molecule has 3 aromatic rings. The largest absolute Gasteiger partial charge is 0.352 e. The Bertz CT molecular complexity index is 1440. The Kier molecular flexibility index (Phi) is 10.2. The van der Waals surface area contributed by atoms with Crippen LogP contribution in [-0.2, 0) is 32.6 Å². The fraction of sp³-hybridized carbons (Fsp3) is 0.394. The molecule has 0 saturated heterocycles. The molecule has 0 radical (unpaired) electrons. The van der Waals surface area contributed by atoms with Crippen molar-refractivity contribution in [3.63, 3.8) is 0 Å². The third-order valence-electron chi connectivity index (χ3n) is 7.79. The number of hydrogen-bond acceptors (Lipinski definition) is 4. The second-order valence-corrected chi connectivity index (χ2v) is 13.0. The minimum atomic E-state index is -3.79. The van der Waals surface area contributed by atoms with E-state index < -0.39 is 28.5 Å². The minimum Gasteiger partial charge on any atom is -0.352 e. The number of carbonyl (C=O) groups excluding carboxylic acids is 2. The highest BCUT2D eigenvalue weighted by molar-refractivity contribution is 7.92. The molecule has 218 valence electrons. The van der Waals surface area contributed by atoms with Gasteiger partial charge in [-0.25, -0.2) is 8.42 Å². The number of amides is 2. The third-order valence-corrected chi connectivity index (χ3v) is 8.93. The van der Waals surface area contributed by atoms with Gasteiger partial charge < -0.3 is 10.2 Å². The van der Waals surface area contributed by atoms with E-state index in [1.54, 1.807) is 23.1 Å². The van der Waals surface area contributed by atoms with E-state index in [-0.39, 0.29) is 18.5 Å². The highest BCUT2D eigenvalue weighted by Crippen LogP contribution is 2.23. The summed E-state index contributed by atoms with van der Waals surface area (Å²) in [5.74, 6) is -0.635.